The van der Waals surface area contributed by atoms with Crippen LogP contribution in [0.2, 0.25) is 0 Å². The van der Waals surface area contributed by atoms with Crippen molar-refractivity contribution in [2.24, 2.45) is 0 Å². The van der Waals surface area contributed by atoms with Crippen LogP contribution in [0.5, 0.6) is 5.88 Å². The van der Waals surface area contributed by atoms with E-state index in [-0.39, 0.29) is 27.1 Å². The number of pyridine rings is 1. The van der Waals surface area contributed by atoms with Gasteiger partial charge in [-0.3, -0.25) is 5.32 Å². The lowest BCUT2D eigenvalue weighted by Crippen LogP contribution is -2.35. The van der Waals surface area contributed by atoms with Crippen LogP contribution in [0.4, 0.5) is 10.6 Å². The molecule has 1 atom stereocenters. The Morgan fingerprint density at radius 3 is 2.37 bits per heavy atom. The highest BCUT2D eigenvalue weighted by Gasteiger charge is 2.27. The van der Waals surface area contributed by atoms with Crippen LogP contribution in [0.25, 0.3) is 0 Å². The van der Waals surface area contributed by atoms with E-state index in [4.69, 9.17) is 9.52 Å². The van der Waals surface area contributed by atoms with Gasteiger partial charge in [-0.2, -0.15) is 10.2 Å². The van der Waals surface area contributed by atoms with E-state index in [0.717, 1.165) is 4.31 Å². The first-order chi connectivity index (χ1) is 13.9. The fraction of sp³-hybridized carbons (Fsp3) is 0.235. The number of nitrogens with one attached hydrogen (secondary N) is 3. The number of nitrogens with zero attached hydrogens (tertiary/aromatic N) is 3. The van der Waals surface area contributed by atoms with Crippen molar-refractivity contribution in [3.05, 3.63) is 41.5 Å². The highest BCUT2D eigenvalue weighted by Crippen LogP contribution is 2.24. The molecule has 0 aliphatic rings. The first-order valence-electron chi connectivity index (χ1n) is 8.29. The molecule has 11 nitrogen and oxygen atoms in total. The smallest absolute Gasteiger partial charge is 0.333 e. The monoisotopic (exact) mass is 452 g/mol. The Balaban J connectivity index is 2.40. The fourth-order valence-corrected chi connectivity index (χ4v) is 5.07. The summed E-state index contributed by atoms with van der Waals surface area (Å²) in [5.74, 6) is -0.0212. The lowest BCUT2D eigenvalue weighted by atomic mass is 10.1. The van der Waals surface area contributed by atoms with Crippen molar-refractivity contribution in [1.82, 2.24) is 14.0 Å². The summed E-state index contributed by atoms with van der Waals surface area (Å²) >= 11 is 0. The number of methoxy groups -OCH3 is 1. The topological polar surface area (TPSA) is 165 Å². The van der Waals surface area contributed by atoms with E-state index in [2.05, 4.69) is 10.3 Å². The molecule has 0 saturated carbocycles. The molecule has 0 bridgehead atoms. The van der Waals surface area contributed by atoms with E-state index in [0.29, 0.717) is 5.56 Å². The van der Waals surface area contributed by atoms with Gasteiger partial charge in [-0.25, -0.2) is 31.2 Å². The highest BCUT2D eigenvalue weighted by molar-refractivity contribution is 7.93. The van der Waals surface area contributed by atoms with E-state index >= 15 is 0 Å². The number of sulfonamides is 1. The number of amides is 2. The van der Waals surface area contributed by atoms with Gasteiger partial charge in [0.25, 0.3) is 0 Å². The van der Waals surface area contributed by atoms with Gasteiger partial charge in [0.1, 0.15) is 11.0 Å². The van der Waals surface area contributed by atoms with Gasteiger partial charge in [0.2, 0.25) is 15.9 Å². The molecule has 30 heavy (non-hydrogen) atoms. The van der Waals surface area contributed by atoms with Crippen LogP contribution in [0.1, 0.15) is 11.1 Å². The number of benzene rings is 1. The molecule has 0 radical (unpaired) electrons. The Labute approximate surface area is 174 Å². The quantitative estimate of drug-likeness (QED) is 0.599. The number of hydrogen-bond acceptors (Lipinski definition) is 8. The van der Waals surface area contributed by atoms with Gasteiger partial charge in [0.05, 0.1) is 17.6 Å². The molecule has 0 saturated heterocycles. The number of carbonyl (C=O) groups is 1. The highest BCUT2D eigenvalue weighted by atomic mass is 32.2. The lowest BCUT2D eigenvalue weighted by molar-refractivity contribution is 0.256. The zero-order valence-corrected chi connectivity index (χ0v) is 18.2. The standard InChI is InChI=1S/C17H20N6O5S2/c1-11-9-15(28-4)20-16(12(11)10-18)21-17(24)22-29(19,25)13-7-5-6-8-14(13)30(26,27)23(2)3/h5-9H,1-4H3,(H3,19,20,21,22,24,25). The van der Waals surface area contributed by atoms with Gasteiger partial charge in [-0.05, 0) is 24.6 Å². The molecule has 1 aromatic heterocycles. The molecule has 0 aliphatic carbocycles. The molecule has 0 aliphatic heterocycles. The van der Waals surface area contributed by atoms with Crippen molar-refractivity contribution in [1.29, 1.82) is 10.0 Å². The van der Waals surface area contributed by atoms with Crippen LogP contribution in [-0.2, 0) is 19.9 Å². The summed E-state index contributed by atoms with van der Waals surface area (Å²) in [5, 5.41) is 11.6. The predicted octanol–water partition coefficient (Wildman–Crippen LogP) is 1.66. The molecule has 1 aromatic carbocycles. The first kappa shape index (κ1) is 23.1. The number of anilines is 1. The summed E-state index contributed by atoms with van der Waals surface area (Å²) in [4.78, 5) is 15.6. The van der Waals surface area contributed by atoms with Crippen LogP contribution >= 0.6 is 0 Å². The Morgan fingerprint density at radius 1 is 1.23 bits per heavy atom. The van der Waals surface area contributed by atoms with E-state index in [1.165, 1.54) is 51.5 Å². The number of rotatable bonds is 6. The zero-order chi connectivity index (χ0) is 22.7. The van der Waals surface area contributed by atoms with E-state index in [9.17, 15) is 22.7 Å². The summed E-state index contributed by atoms with van der Waals surface area (Å²) in [6.45, 7) is 1.61. The van der Waals surface area contributed by atoms with Crippen LogP contribution in [0.3, 0.4) is 0 Å². The predicted molar refractivity (Wildman–Crippen MR) is 109 cm³/mol. The maximum Gasteiger partial charge on any atom is 0.333 e. The molecule has 0 fully saturated rings. The Morgan fingerprint density at radius 2 is 1.83 bits per heavy atom. The number of ether oxygens (including phenoxy) is 1. The third-order valence-corrected chi connectivity index (χ3v) is 7.35. The van der Waals surface area contributed by atoms with E-state index in [1.54, 1.807) is 6.92 Å². The molecule has 13 heteroatoms. The van der Waals surface area contributed by atoms with Crippen molar-refractivity contribution in [2.75, 3.05) is 26.5 Å². The number of urea groups is 1. The molecule has 2 aromatic rings. The second-order valence-corrected chi connectivity index (χ2v) is 10.0. The Hall–Kier alpha value is -3.21. The van der Waals surface area contributed by atoms with Crippen LogP contribution in [-0.4, -0.2) is 49.2 Å². The second kappa shape index (κ2) is 8.66. The van der Waals surface area contributed by atoms with Crippen molar-refractivity contribution >= 4 is 31.8 Å². The van der Waals surface area contributed by atoms with E-state index < -0.39 is 26.0 Å². The van der Waals surface area contributed by atoms with Gasteiger partial charge in [-0.15, -0.1) is 0 Å². The van der Waals surface area contributed by atoms with Crippen molar-refractivity contribution in [3.8, 4) is 11.9 Å². The molecule has 160 valence electrons. The number of nitriles is 1. The van der Waals surface area contributed by atoms with Crippen LogP contribution in [0.15, 0.2) is 40.1 Å². The minimum absolute atomic E-state index is 0.0537. The van der Waals surface area contributed by atoms with Crippen LogP contribution in [0, 0.1) is 23.0 Å². The largest absolute Gasteiger partial charge is 0.481 e. The number of carbonyl (C=O) groups excluding carboxylic acids is 1. The Kier molecular flexibility index (Phi) is 6.66. The van der Waals surface area contributed by atoms with Crippen molar-refractivity contribution < 1.29 is 22.2 Å². The van der Waals surface area contributed by atoms with Crippen LogP contribution < -0.4 is 14.8 Å². The number of hydrogen-bond donors (Lipinski definition) is 3. The van der Waals surface area contributed by atoms with Gasteiger partial charge >= 0.3 is 6.03 Å². The average Bonchev–Trinajstić information content (AvgIpc) is 2.67. The van der Waals surface area contributed by atoms with Gasteiger partial charge in [-0.1, -0.05) is 12.1 Å². The average molecular weight is 453 g/mol. The van der Waals surface area contributed by atoms with Gasteiger partial charge in [0.15, 0.2) is 15.7 Å². The minimum Gasteiger partial charge on any atom is -0.481 e. The summed E-state index contributed by atoms with van der Waals surface area (Å²) < 4.78 is 53.9. The molecule has 0 spiro atoms. The maximum absolute atomic E-state index is 12.9. The summed E-state index contributed by atoms with van der Waals surface area (Å²) in [7, 11) is -4.16. The Bertz CT molecular complexity index is 1230. The molecule has 2 rings (SSSR count). The third kappa shape index (κ3) is 4.67. The maximum atomic E-state index is 12.9. The summed E-state index contributed by atoms with van der Waals surface area (Å²) in [6.07, 6.45) is 0. The molecule has 2 amide bonds. The van der Waals surface area contributed by atoms with Crippen molar-refractivity contribution in [3.63, 3.8) is 0 Å². The molecular weight excluding hydrogens is 432 g/mol. The lowest BCUT2D eigenvalue weighted by Gasteiger charge is -2.17. The van der Waals surface area contributed by atoms with Crippen molar-refractivity contribution in [2.45, 2.75) is 16.7 Å². The number of aromatic nitrogens is 1. The summed E-state index contributed by atoms with van der Waals surface area (Å²) in [6, 6.07) is 7.47. The minimum atomic E-state index is -4.08. The molecule has 1 unspecified atom stereocenters. The first-order valence-corrected chi connectivity index (χ1v) is 11.3. The second-order valence-electron chi connectivity index (χ2n) is 6.16. The van der Waals surface area contributed by atoms with Gasteiger partial charge in [0, 0.05) is 20.2 Å². The molecule has 3 N–H and O–H groups in total. The van der Waals surface area contributed by atoms with E-state index in [1.807, 2.05) is 10.8 Å². The zero-order valence-electron chi connectivity index (χ0n) is 16.6. The molecule has 1 heterocycles. The fourth-order valence-electron chi connectivity index (χ4n) is 2.39. The van der Waals surface area contributed by atoms with Gasteiger partial charge < -0.3 is 4.74 Å². The SMILES string of the molecule is COc1cc(C)c(C#N)c(NC(=O)NS(=N)(=O)c2ccccc2S(=O)(=O)N(C)C)n1. The number of aryl methyl sites for hydroxylation is 1. The normalized spacial score (nSPS) is 13.2. The molecular formula is C17H20N6O5S2. The summed E-state index contributed by atoms with van der Waals surface area (Å²) in [5.41, 5.74) is 0.534. The third-order valence-electron chi connectivity index (χ3n) is 3.90.